The van der Waals surface area contributed by atoms with Crippen molar-refractivity contribution in [3.05, 3.63) is 0 Å². The van der Waals surface area contributed by atoms with Crippen molar-refractivity contribution in [2.24, 2.45) is 22.7 Å². The molecule has 2 unspecified atom stereocenters. The quantitative estimate of drug-likeness (QED) is 0.324. The van der Waals surface area contributed by atoms with E-state index < -0.39 is 21.1 Å². The summed E-state index contributed by atoms with van der Waals surface area (Å²) >= 11 is 1.52. The molecule has 0 aliphatic carbocycles. The molecule has 1 saturated heterocycles. The van der Waals surface area contributed by atoms with E-state index in [2.05, 4.69) is 5.16 Å². The average molecular weight is 337 g/mol. The van der Waals surface area contributed by atoms with Crippen LogP contribution in [0.5, 0.6) is 0 Å². The number of hydrogen-bond donors (Lipinski definition) is 2. The summed E-state index contributed by atoms with van der Waals surface area (Å²) in [7, 11) is -3.37. The van der Waals surface area contributed by atoms with Crippen LogP contribution in [0.3, 0.4) is 0 Å². The second-order valence-corrected chi connectivity index (χ2v) is 8.86. The highest BCUT2D eigenvalue weighted by atomic mass is 32.2. The number of amides is 1. The summed E-state index contributed by atoms with van der Waals surface area (Å²) in [5.41, 5.74) is 5.61. The Morgan fingerprint density at radius 3 is 2.62 bits per heavy atom. The third-order valence-electron chi connectivity index (χ3n) is 3.55. The van der Waals surface area contributed by atoms with Gasteiger partial charge in [0.25, 0.3) is 0 Å². The van der Waals surface area contributed by atoms with E-state index in [-0.39, 0.29) is 23.4 Å². The summed E-state index contributed by atoms with van der Waals surface area (Å²) in [4.78, 5) is 14.1. The molecule has 0 radical (unpaired) electrons. The van der Waals surface area contributed by atoms with Gasteiger partial charge in [0, 0.05) is 23.8 Å². The Balaban J connectivity index is 3.11. The second-order valence-electron chi connectivity index (χ2n) is 5.26. The molecule has 122 valence electrons. The van der Waals surface area contributed by atoms with Gasteiger partial charge in [0.05, 0.1) is 0 Å². The molecule has 1 rings (SSSR count). The minimum absolute atomic E-state index is 0.0159. The molecule has 0 spiro atoms. The largest absolute Gasteiger partial charge is 0.409 e. The van der Waals surface area contributed by atoms with Gasteiger partial charge in [-0.25, -0.2) is 8.42 Å². The maximum Gasteiger partial charge on any atom is 0.234 e. The van der Waals surface area contributed by atoms with E-state index in [1.165, 1.54) is 16.7 Å². The SMILES string of the molecule is CCS(=O)(=O)C1CSCCN1C(=O)C(C(N)=NO)C(C)C. The van der Waals surface area contributed by atoms with Crippen molar-refractivity contribution < 1.29 is 18.4 Å². The highest BCUT2D eigenvalue weighted by molar-refractivity contribution is 8.01. The van der Waals surface area contributed by atoms with Gasteiger partial charge in [0.2, 0.25) is 5.91 Å². The molecule has 1 amide bonds. The predicted octanol–water partition coefficient (Wildman–Crippen LogP) is 0.341. The molecular weight excluding hydrogens is 314 g/mol. The third-order valence-corrected chi connectivity index (χ3v) is 6.84. The van der Waals surface area contributed by atoms with Gasteiger partial charge in [-0.2, -0.15) is 11.8 Å². The van der Waals surface area contributed by atoms with E-state index in [4.69, 9.17) is 10.9 Å². The minimum atomic E-state index is -3.37. The van der Waals surface area contributed by atoms with Gasteiger partial charge in [-0.3, -0.25) is 4.79 Å². The van der Waals surface area contributed by atoms with E-state index in [0.29, 0.717) is 18.1 Å². The third kappa shape index (κ3) is 4.03. The maximum atomic E-state index is 12.7. The summed E-state index contributed by atoms with van der Waals surface area (Å²) in [6.07, 6.45) is 0. The number of oxime groups is 1. The zero-order valence-corrected chi connectivity index (χ0v) is 14.2. The first-order valence-corrected chi connectivity index (χ1v) is 9.70. The van der Waals surface area contributed by atoms with Crippen molar-refractivity contribution in [2.75, 3.05) is 23.8 Å². The molecule has 1 aliphatic rings. The van der Waals surface area contributed by atoms with Crippen molar-refractivity contribution in [2.45, 2.75) is 26.1 Å². The topological polar surface area (TPSA) is 113 Å². The Morgan fingerprint density at radius 1 is 1.52 bits per heavy atom. The van der Waals surface area contributed by atoms with Crippen molar-refractivity contribution in [3.63, 3.8) is 0 Å². The van der Waals surface area contributed by atoms with Gasteiger partial charge in [0.1, 0.15) is 11.3 Å². The van der Waals surface area contributed by atoms with Crippen LogP contribution in [0.15, 0.2) is 5.16 Å². The van der Waals surface area contributed by atoms with E-state index >= 15 is 0 Å². The molecule has 1 heterocycles. The molecule has 0 bridgehead atoms. The number of carbonyl (C=O) groups is 1. The normalized spacial score (nSPS) is 22.4. The maximum absolute atomic E-state index is 12.7. The van der Waals surface area contributed by atoms with Gasteiger partial charge in [0.15, 0.2) is 15.7 Å². The number of carbonyl (C=O) groups excluding carboxylic acids is 1. The van der Waals surface area contributed by atoms with Crippen molar-refractivity contribution in [3.8, 4) is 0 Å². The Kier molecular flexibility index (Phi) is 6.33. The number of thioether (sulfide) groups is 1. The molecule has 2 atom stereocenters. The minimum Gasteiger partial charge on any atom is -0.409 e. The molecule has 3 N–H and O–H groups in total. The number of hydrogen-bond acceptors (Lipinski definition) is 6. The number of amidine groups is 1. The van der Waals surface area contributed by atoms with Gasteiger partial charge in [-0.05, 0) is 5.92 Å². The van der Waals surface area contributed by atoms with Crippen LogP contribution in [-0.4, -0.2) is 59.4 Å². The predicted molar refractivity (Wildman–Crippen MR) is 84.0 cm³/mol. The Bertz CT molecular complexity index is 505. The zero-order chi connectivity index (χ0) is 16.2. The molecule has 0 aromatic heterocycles. The van der Waals surface area contributed by atoms with Crippen molar-refractivity contribution in [1.29, 1.82) is 0 Å². The molecule has 0 aromatic rings. The molecule has 0 saturated carbocycles. The second kappa shape index (κ2) is 7.35. The van der Waals surface area contributed by atoms with Gasteiger partial charge in [-0.15, -0.1) is 0 Å². The first-order valence-electron chi connectivity index (χ1n) is 6.83. The van der Waals surface area contributed by atoms with Gasteiger partial charge < -0.3 is 15.8 Å². The monoisotopic (exact) mass is 337 g/mol. The number of sulfone groups is 1. The average Bonchev–Trinajstić information content (AvgIpc) is 2.46. The number of nitrogens with two attached hydrogens (primary N) is 1. The van der Waals surface area contributed by atoms with Crippen LogP contribution in [-0.2, 0) is 14.6 Å². The van der Waals surface area contributed by atoms with Crippen LogP contribution in [0.25, 0.3) is 0 Å². The molecule has 7 nitrogen and oxygen atoms in total. The Labute approximate surface area is 129 Å². The molecule has 0 aromatic carbocycles. The van der Waals surface area contributed by atoms with Crippen LogP contribution < -0.4 is 5.73 Å². The lowest BCUT2D eigenvalue weighted by Gasteiger charge is -2.37. The smallest absolute Gasteiger partial charge is 0.234 e. The lowest BCUT2D eigenvalue weighted by molar-refractivity contribution is -0.134. The van der Waals surface area contributed by atoms with E-state index in [9.17, 15) is 13.2 Å². The van der Waals surface area contributed by atoms with Crippen LogP contribution in [0.4, 0.5) is 0 Å². The molecular formula is C12H23N3O4S2. The molecule has 1 fully saturated rings. The highest BCUT2D eigenvalue weighted by Gasteiger charge is 2.40. The van der Waals surface area contributed by atoms with Gasteiger partial charge >= 0.3 is 0 Å². The number of nitrogens with zero attached hydrogens (tertiary/aromatic N) is 2. The standard InChI is InChI=1S/C12H23N3O4S2/c1-4-21(18,19)9-7-20-6-5-15(9)12(16)10(8(2)3)11(13)14-17/h8-10,17H,4-7H2,1-3H3,(H2,13,14). The van der Waals surface area contributed by atoms with Crippen LogP contribution in [0.2, 0.25) is 0 Å². The van der Waals surface area contributed by atoms with Crippen LogP contribution >= 0.6 is 11.8 Å². The number of rotatable bonds is 5. The first-order chi connectivity index (χ1) is 9.76. The summed E-state index contributed by atoms with van der Waals surface area (Å²) in [6.45, 7) is 5.49. The summed E-state index contributed by atoms with van der Waals surface area (Å²) in [5, 5.41) is 10.9. The Hall–Kier alpha value is -0.960. The molecule has 1 aliphatic heterocycles. The summed E-state index contributed by atoms with van der Waals surface area (Å²) in [6, 6.07) is 0. The lowest BCUT2D eigenvalue weighted by atomic mass is 9.93. The van der Waals surface area contributed by atoms with E-state index in [0.717, 1.165) is 0 Å². The fourth-order valence-corrected chi connectivity index (χ4v) is 5.29. The fourth-order valence-electron chi connectivity index (χ4n) is 2.32. The van der Waals surface area contributed by atoms with E-state index in [1.807, 2.05) is 0 Å². The fraction of sp³-hybridized carbons (Fsp3) is 0.833. The highest BCUT2D eigenvalue weighted by Crippen LogP contribution is 2.25. The van der Waals surface area contributed by atoms with Crippen LogP contribution in [0, 0.1) is 11.8 Å². The zero-order valence-electron chi connectivity index (χ0n) is 12.5. The summed E-state index contributed by atoms with van der Waals surface area (Å²) < 4.78 is 24.4. The van der Waals surface area contributed by atoms with Crippen molar-refractivity contribution in [1.82, 2.24) is 4.90 Å². The molecule has 21 heavy (non-hydrogen) atoms. The molecule has 9 heteroatoms. The van der Waals surface area contributed by atoms with E-state index in [1.54, 1.807) is 20.8 Å². The van der Waals surface area contributed by atoms with Crippen LogP contribution in [0.1, 0.15) is 20.8 Å². The van der Waals surface area contributed by atoms with Crippen molar-refractivity contribution >= 4 is 33.3 Å². The lowest BCUT2D eigenvalue weighted by Crippen LogP contribution is -2.55. The first kappa shape index (κ1) is 18.1. The Morgan fingerprint density at radius 2 is 2.14 bits per heavy atom. The van der Waals surface area contributed by atoms with Gasteiger partial charge in [-0.1, -0.05) is 25.9 Å². The summed E-state index contributed by atoms with van der Waals surface area (Å²) in [5.74, 6) is -0.535.